The van der Waals surface area contributed by atoms with Crippen LogP contribution in [0, 0.1) is 5.92 Å². The molecule has 22 heavy (non-hydrogen) atoms. The fourth-order valence-corrected chi connectivity index (χ4v) is 2.57. The first kappa shape index (κ1) is 16.8. The summed E-state index contributed by atoms with van der Waals surface area (Å²) in [6.45, 7) is 9.96. The van der Waals surface area contributed by atoms with Crippen molar-refractivity contribution in [2.75, 3.05) is 39.3 Å². The SMILES string of the molecule is CC(C)CN1CCO[C@H](CNC(=O)NCCn2ccnc2)C1. The number of nitrogens with zero attached hydrogens (tertiary/aromatic N) is 3. The zero-order valence-corrected chi connectivity index (χ0v) is 13.5. The van der Waals surface area contributed by atoms with Gasteiger partial charge in [0.25, 0.3) is 0 Å². The van der Waals surface area contributed by atoms with Gasteiger partial charge in [-0.1, -0.05) is 13.8 Å². The molecule has 1 saturated heterocycles. The van der Waals surface area contributed by atoms with Gasteiger partial charge in [-0.3, -0.25) is 4.90 Å². The lowest BCUT2D eigenvalue weighted by atomic mass is 10.2. The molecule has 0 saturated carbocycles. The van der Waals surface area contributed by atoms with E-state index in [0.717, 1.165) is 32.8 Å². The van der Waals surface area contributed by atoms with Crippen molar-refractivity contribution in [3.05, 3.63) is 18.7 Å². The van der Waals surface area contributed by atoms with Crippen LogP contribution in [-0.4, -0.2) is 65.9 Å². The molecule has 1 aliphatic rings. The quantitative estimate of drug-likeness (QED) is 0.771. The Morgan fingerprint density at radius 1 is 1.45 bits per heavy atom. The van der Waals surface area contributed by atoms with Crippen LogP contribution in [0.2, 0.25) is 0 Å². The number of imidazole rings is 1. The van der Waals surface area contributed by atoms with Crippen molar-refractivity contribution in [3.8, 4) is 0 Å². The molecule has 0 aliphatic carbocycles. The van der Waals surface area contributed by atoms with E-state index in [2.05, 4.69) is 34.4 Å². The Labute approximate surface area is 132 Å². The molecule has 2 amide bonds. The lowest BCUT2D eigenvalue weighted by Crippen LogP contribution is -2.49. The number of rotatable bonds is 7. The number of ether oxygens (including phenoxy) is 1. The molecular formula is C15H27N5O2. The van der Waals surface area contributed by atoms with Crippen LogP contribution in [0.15, 0.2) is 18.7 Å². The monoisotopic (exact) mass is 309 g/mol. The van der Waals surface area contributed by atoms with E-state index in [1.54, 1.807) is 12.5 Å². The Morgan fingerprint density at radius 2 is 2.32 bits per heavy atom. The molecule has 0 unspecified atom stereocenters. The first-order chi connectivity index (χ1) is 10.6. The van der Waals surface area contributed by atoms with Crippen LogP contribution in [0.3, 0.4) is 0 Å². The van der Waals surface area contributed by atoms with Gasteiger partial charge < -0.3 is 19.9 Å². The highest BCUT2D eigenvalue weighted by Crippen LogP contribution is 2.07. The summed E-state index contributed by atoms with van der Waals surface area (Å²) in [7, 11) is 0. The smallest absolute Gasteiger partial charge is 0.314 e. The second-order valence-corrected chi connectivity index (χ2v) is 6.08. The largest absolute Gasteiger partial charge is 0.374 e. The highest BCUT2D eigenvalue weighted by atomic mass is 16.5. The van der Waals surface area contributed by atoms with E-state index in [9.17, 15) is 4.79 Å². The molecule has 124 valence electrons. The van der Waals surface area contributed by atoms with Crippen molar-refractivity contribution >= 4 is 6.03 Å². The average molecular weight is 309 g/mol. The van der Waals surface area contributed by atoms with Crippen LogP contribution in [0.4, 0.5) is 4.79 Å². The van der Waals surface area contributed by atoms with Crippen LogP contribution in [0.25, 0.3) is 0 Å². The molecule has 0 bridgehead atoms. The lowest BCUT2D eigenvalue weighted by Gasteiger charge is -2.33. The molecule has 7 heteroatoms. The predicted molar refractivity (Wildman–Crippen MR) is 84.6 cm³/mol. The number of urea groups is 1. The Hall–Kier alpha value is -1.60. The Bertz CT molecular complexity index is 435. The summed E-state index contributed by atoms with van der Waals surface area (Å²) >= 11 is 0. The van der Waals surface area contributed by atoms with Gasteiger partial charge in [-0.2, -0.15) is 0 Å². The highest BCUT2D eigenvalue weighted by molar-refractivity contribution is 5.73. The first-order valence-corrected chi connectivity index (χ1v) is 7.95. The lowest BCUT2D eigenvalue weighted by molar-refractivity contribution is -0.0290. The number of aromatic nitrogens is 2. The number of hydrogen-bond donors (Lipinski definition) is 2. The van der Waals surface area contributed by atoms with E-state index in [0.29, 0.717) is 19.0 Å². The van der Waals surface area contributed by atoms with Gasteiger partial charge in [-0.25, -0.2) is 9.78 Å². The van der Waals surface area contributed by atoms with Gasteiger partial charge in [-0.15, -0.1) is 0 Å². The van der Waals surface area contributed by atoms with Gasteiger partial charge in [-0.05, 0) is 5.92 Å². The summed E-state index contributed by atoms with van der Waals surface area (Å²) in [6.07, 6.45) is 5.41. The number of amides is 2. The molecule has 7 nitrogen and oxygen atoms in total. The summed E-state index contributed by atoms with van der Waals surface area (Å²) < 4.78 is 7.63. The molecule has 0 radical (unpaired) electrons. The van der Waals surface area contributed by atoms with Crippen molar-refractivity contribution in [1.82, 2.24) is 25.1 Å². The minimum absolute atomic E-state index is 0.0758. The van der Waals surface area contributed by atoms with Crippen molar-refractivity contribution in [2.45, 2.75) is 26.5 Å². The number of hydrogen-bond acceptors (Lipinski definition) is 4. The molecular weight excluding hydrogens is 282 g/mol. The standard InChI is InChI=1S/C15H27N5O2/c1-13(2)10-20-7-8-22-14(11-20)9-18-15(21)17-4-6-19-5-3-16-12-19/h3,5,12-14H,4,6-11H2,1-2H3,(H2,17,18,21)/t14-/m1/s1. The number of morpholine rings is 1. The van der Waals surface area contributed by atoms with Crippen LogP contribution < -0.4 is 10.6 Å². The summed E-state index contributed by atoms with van der Waals surface area (Å²) in [6, 6.07) is -0.148. The van der Waals surface area contributed by atoms with Crippen molar-refractivity contribution < 1.29 is 9.53 Å². The fraction of sp³-hybridized carbons (Fsp3) is 0.733. The molecule has 1 aromatic rings. The first-order valence-electron chi connectivity index (χ1n) is 7.95. The molecule has 1 aromatic heterocycles. The van der Waals surface area contributed by atoms with E-state index < -0.39 is 0 Å². The van der Waals surface area contributed by atoms with Gasteiger partial charge in [0.15, 0.2) is 0 Å². The molecule has 0 aromatic carbocycles. The van der Waals surface area contributed by atoms with Gasteiger partial charge in [0.2, 0.25) is 0 Å². The van der Waals surface area contributed by atoms with Gasteiger partial charge in [0.1, 0.15) is 0 Å². The third-order valence-corrected chi connectivity index (χ3v) is 3.55. The summed E-state index contributed by atoms with van der Waals surface area (Å²) in [4.78, 5) is 18.1. The topological polar surface area (TPSA) is 71.4 Å². The zero-order chi connectivity index (χ0) is 15.8. The van der Waals surface area contributed by atoms with E-state index in [-0.39, 0.29) is 12.1 Å². The average Bonchev–Trinajstić information content (AvgIpc) is 2.98. The second kappa shape index (κ2) is 8.75. The molecule has 2 N–H and O–H groups in total. The fourth-order valence-electron chi connectivity index (χ4n) is 2.57. The third kappa shape index (κ3) is 6.03. The Kier molecular flexibility index (Phi) is 6.67. The van der Waals surface area contributed by atoms with Crippen molar-refractivity contribution in [2.24, 2.45) is 5.92 Å². The van der Waals surface area contributed by atoms with Crippen molar-refractivity contribution in [3.63, 3.8) is 0 Å². The van der Waals surface area contributed by atoms with E-state index in [4.69, 9.17) is 4.74 Å². The van der Waals surface area contributed by atoms with Crippen LogP contribution in [0.5, 0.6) is 0 Å². The minimum Gasteiger partial charge on any atom is -0.374 e. The predicted octanol–water partition coefficient (Wildman–Crippen LogP) is 0.539. The van der Waals surface area contributed by atoms with Crippen LogP contribution in [-0.2, 0) is 11.3 Å². The highest BCUT2D eigenvalue weighted by Gasteiger charge is 2.21. The van der Waals surface area contributed by atoms with Gasteiger partial charge in [0.05, 0.1) is 19.0 Å². The maximum Gasteiger partial charge on any atom is 0.314 e. The van der Waals surface area contributed by atoms with Crippen LogP contribution >= 0.6 is 0 Å². The van der Waals surface area contributed by atoms with Gasteiger partial charge >= 0.3 is 6.03 Å². The van der Waals surface area contributed by atoms with Crippen molar-refractivity contribution in [1.29, 1.82) is 0 Å². The number of carbonyl (C=O) groups is 1. The Morgan fingerprint density at radius 3 is 3.05 bits per heavy atom. The number of carbonyl (C=O) groups excluding carboxylic acids is 1. The third-order valence-electron chi connectivity index (χ3n) is 3.55. The maximum absolute atomic E-state index is 11.8. The van der Waals surface area contributed by atoms with E-state index >= 15 is 0 Å². The van der Waals surface area contributed by atoms with E-state index in [1.165, 1.54) is 0 Å². The van der Waals surface area contributed by atoms with Gasteiger partial charge in [0, 0.05) is 51.7 Å². The zero-order valence-electron chi connectivity index (χ0n) is 13.5. The normalized spacial score (nSPS) is 19.3. The van der Waals surface area contributed by atoms with E-state index in [1.807, 2.05) is 10.8 Å². The molecule has 1 aliphatic heterocycles. The minimum atomic E-state index is -0.148. The summed E-state index contributed by atoms with van der Waals surface area (Å²) in [5.41, 5.74) is 0. The molecule has 1 atom stereocenters. The molecule has 2 rings (SSSR count). The number of nitrogens with one attached hydrogen (secondary N) is 2. The molecule has 1 fully saturated rings. The molecule has 0 spiro atoms. The molecule has 2 heterocycles. The summed E-state index contributed by atoms with van der Waals surface area (Å²) in [5.74, 6) is 0.651. The maximum atomic E-state index is 11.8. The summed E-state index contributed by atoms with van der Waals surface area (Å²) in [5, 5.41) is 5.72. The Balaban J connectivity index is 1.59. The second-order valence-electron chi connectivity index (χ2n) is 6.08. The van der Waals surface area contributed by atoms with Crippen LogP contribution in [0.1, 0.15) is 13.8 Å².